The molecule has 1 saturated heterocycles. The van der Waals surface area contributed by atoms with Crippen LogP contribution >= 0.6 is 0 Å². The highest BCUT2D eigenvalue weighted by atomic mass is 16.4. The number of aromatic nitrogens is 1. The maximum Gasteiger partial charge on any atom is 0.309 e. The fourth-order valence-electron chi connectivity index (χ4n) is 2.37. The molecule has 0 radical (unpaired) electrons. The molecule has 7 nitrogen and oxygen atoms in total. The Kier molecular flexibility index (Phi) is 4.19. The van der Waals surface area contributed by atoms with E-state index in [4.69, 9.17) is 5.11 Å². The minimum atomic E-state index is -0.996. The summed E-state index contributed by atoms with van der Waals surface area (Å²) in [6.07, 6.45) is 0.915. The number of β-amino-alcohol motifs (C(OH)–C–C–N with tert-alkyl or cyclic N) is 1. The molecule has 1 amide bonds. The zero-order chi connectivity index (χ0) is 14.7. The summed E-state index contributed by atoms with van der Waals surface area (Å²) in [5, 5.41) is 21.4. The standard InChI is InChI=1S/C13H17N3O4/c1-14-12(18)9-3-2-5-15-11(9)16-6-4-8(13(19)20)10(17)7-16/h2-3,5,8,10,17H,4,6-7H2,1H3,(H,14,18)(H,19,20)/t8-,10+/m0/s1. The number of carboxylic acids is 1. The molecule has 1 aromatic rings. The van der Waals surface area contributed by atoms with Gasteiger partial charge in [0.25, 0.3) is 5.91 Å². The van der Waals surface area contributed by atoms with Crippen molar-refractivity contribution >= 4 is 17.7 Å². The Labute approximate surface area is 116 Å². The van der Waals surface area contributed by atoms with Gasteiger partial charge in [-0.2, -0.15) is 0 Å². The van der Waals surface area contributed by atoms with Crippen LogP contribution < -0.4 is 10.2 Å². The molecule has 2 rings (SSSR count). The number of aliphatic carboxylic acids is 1. The monoisotopic (exact) mass is 279 g/mol. The number of carbonyl (C=O) groups excluding carboxylic acids is 1. The van der Waals surface area contributed by atoms with Crippen LogP contribution in [0, 0.1) is 5.92 Å². The predicted molar refractivity (Wildman–Crippen MR) is 71.6 cm³/mol. The lowest BCUT2D eigenvalue weighted by molar-refractivity contribution is -0.146. The smallest absolute Gasteiger partial charge is 0.309 e. The molecule has 1 aliphatic rings. The van der Waals surface area contributed by atoms with Crippen LogP contribution in [0.4, 0.5) is 5.82 Å². The number of nitrogens with zero attached hydrogens (tertiary/aromatic N) is 2. The van der Waals surface area contributed by atoms with Gasteiger partial charge in [-0.3, -0.25) is 9.59 Å². The molecule has 0 unspecified atom stereocenters. The van der Waals surface area contributed by atoms with Gasteiger partial charge in [-0.1, -0.05) is 0 Å². The highest BCUT2D eigenvalue weighted by Gasteiger charge is 2.34. The van der Waals surface area contributed by atoms with Crippen LogP contribution in [0.3, 0.4) is 0 Å². The predicted octanol–water partition coefficient (Wildman–Crippen LogP) is -0.287. The Bertz CT molecular complexity index is 520. The molecule has 20 heavy (non-hydrogen) atoms. The van der Waals surface area contributed by atoms with Crippen molar-refractivity contribution in [3.8, 4) is 0 Å². The Morgan fingerprint density at radius 3 is 2.85 bits per heavy atom. The van der Waals surface area contributed by atoms with E-state index in [0.29, 0.717) is 24.3 Å². The van der Waals surface area contributed by atoms with E-state index < -0.39 is 18.0 Å². The van der Waals surface area contributed by atoms with Crippen molar-refractivity contribution in [1.82, 2.24) is 10.3 Å². The maximum atomic E-state index is 11.8. The maximum absolute atomic E-state index is 11.8. The zero-order valence-electron chi connectivity index (χ0n) is 11.1. The van der Waals surface area contributed by atoms with E-state index in [1.54, 1.807) is 23.2 Å². The van der Waals surface area contributed by atoms with Crippen LogP contribution in [0.1, 0.15) is 16.8 Å². The Hall–Kier alpha value is -2.15. The second kappa shape index (κ2) is 5.87. The molecule has 0 bridgehead atoms. The molecule has 0 aromatic carbocycles. The third kappa shape index (κ3) is 2.72. The van der Waals surface area contributed by atoms with Crippen molar-refractivity contribution in [3.05, 3.63) is 23.9 Å². The Morgan fingerprint density at radius 1 is 1.50 bits per heavy atom. The van der Waals surface area contributed by atoms with Crippen molar-refractivity contribution in [1.29, 1.82) is 0 Å². The first kappa shape index (κ1) is 14.3. The molecular weight excluding hydrogens is 262 g/mol. The molecule has 3 N–H and O–H groups in total. The van der Waals surface area contributed by atoms with E-state index in [2.05, 4.69) is 10.3 Å². The second-order valence-electron chi connectivity index (χ2n) is 4.70. The first-order valence-electron chi connectivity index (χ1n) is 6.37. The van der Waals surface area contributed by atoms with Crippen molar-refractivity contribution in [2.45, 2.75) is 12.5 Å². The van der Waals surface area contributed by atoms with E-state index in [-0.39, 0.29) is 12.5 Å². The largest absolute Gasteiger partial charge is 0.481 e. The Morgan fingerprint density at radius 2 is 2.25 bits per heavy atom. The number of anilines is 1. The van der Waals surface area contributed by atoms with Gasteiger partial charge < -0.3 is 20.4 Å². The molecular formula is C13H17N3O4. The number of hydrogen-bond donors (Lipinski definition) is 3. The van der Waals surface area contributed by atoms with Crippen LogP contribution in [-0.4, -0.2) is 53.3 Å². The van der Waals surface area contributed by atoms with Crippen LogP contribution in [0.15, 0.2) is 18.3 Å². The molecule has 1 aromatic heterocycles. The van der Waals surface area contributed by atoms with Crippen molar-refractivity contribution in [2.75, 3.05) is 25.0 Å². The van der Waals surface area contributed by atoms with E-state index in [0.717, 1.165) is 0 Å². The minimum absolute atomic E-state index is 0.151. The van der Waals surface area contributed by atoms with E-state index >= 15 is 0 Å². The quantitative estimate of drug-likeness (QED) is 0.703. The van der Waals surface area contributed by atoms with Gasteiger partial charge in [0.05, 0.1) is 17.6 Å². The number of amides is 1. The topological polar surface area (TPSA) is 103 Å². The van der Waals surface area contributed by atoms with Gasteiger partial charge in [0.1, 0.15) is 5.82 Å². The number of rotatable bonds is 3. The third-order valence-corrected chi connectivity index (χ3v) is 3.46. The number of nitrogens with one attached hydrogen (secondary N) is 1. The van der Waals surface area contributed by atoms with E-state index in [9.17, 15) is 14.7 Å². The molecule has 108 valence electrons. The van der Waals surface area contributed by atoms with Crippen molar-refractivity contribution < 1.29 is 19.8 Å². The number of carbonyl (C=O) groups is 2. The summed E-state index contributed by atoms with van der Waals surface area (Å²) in [4.78, 5) is 28.7. The van der Waals surface area contributed by atoms with E-state index in [1.807, 2.05) is 0 Å². The summed E-state index contributed by atoms with van der Waals surface area (Å²) in [5.41, 5.74) is 0.413. The van der Waals surface area contributed by atoms with Gasteiger partial charge in [-0.25, -0.2) is 4.98 Å². The normalized spacial score (nSPS) is 22.4. The van der Waals surface area contributed by atoms with Gasteiger partial charge in [-0.05, 0) is 18.6 Å². The summed E-state index contributed by atoms with van der Waals surface area (Å²) in [6, 6.07) is 3.31. The van der Waals surface area contributed by atoms with Crippen LogP contribution in [0.5, 0.6) is 0 Å². The van der Waals surface area contributed by atoms with Gasteiger partial charge in [0, 0.05) is 26.3 Å². The number of pyridine rings is 1. The Balaban J connectivity index is 2.22. The second-order valence-corrected chi connectivity index (χ2v) is 4.70. The SMILES string of the molecule is CNC(=O)c1cccnc1N1CC[C@H](C(=O)O)[C@H](O)C1. The van der Waals surface area contributed by atoms with Gasteiger partial charge in [0.15, 0.2) is 0 Å². The number of piperidine rings is 1. The molecule has 0 spiro atoms. The molecule has 0 aliphatic carbocycles. The average molecular weight is 279 g/mol. The highest BCUT2D eigenvalue weighted by Crippen LogP contribution is 2.25. The number of hydrogen-bond acceptors (Lipinski definition) is 5. The molecule has 0 saturated carbocycles. The summed E-state index contributed by atoms with van der Waals surface area (Å²) >= 11 is 0. The lowest BCUT2D eigenvalue weighted by Crippen LogP contribution is -2.47. The highest BCUT2D eigenvalue weighted by molar-refractivity contribution is 5.98. The van der Waals surface area contributed by atoms with E-state index in [1.165, 1.54) is 7.05 Å². The lowest BCUT2D eigenvalue weighted by Gasteiger charge is -2.35. The van der Waals surface area contributed by atoms with Crippen LogP contribution in [-0.2, 0) is 4.79 Å². The van der Waals surface area contributed by atoms with Crippen molar-refractivity contribution in [3.63, 3.8) is 0 Å². The van der Waals surface area contributed by atoms with Crippen LogP contribution in [0.2, 0.25) is 0 Å². The third-order valence-electron chi connectivity index (χ3n) is 3.46. The summed E-state index contributed by atoms with van der Waals surface area (Å²) in [7, 11) is 1.53. The number of carboxylic acid groups (broad SMARTS) is 1. The first-order chi connectivity index (χ1) is 9.54. The molecule has 7 heteroatoms. The summed E-state index contributed by atoms with van der Waals surface area (Å²) < 4.78 is 0. The lowest BCUT2D eigenvalue weighted by atomic mass is 9.94. The average Bonchev–Trinajstić information content (AvgIpc) is 2.46. The molecule has 2 heterocycles. The van der Waals surface area contributed by atoms with Gasteiger partial charge in [-0.15, -0.1) is 0 Å². The fraction of sp³-hybridized carbons (Fsp3) is 0.462. The fourth-order valence-corrected chi connectivity index (χ4v) is 2.37. The zero-order valence-corrected chi connectivity index (χ0v) is 11.1. The minimum Gasteiger partial charge on any atom is -0.481 e. The van der Waals surface area contributed by atoms with Crippen molar-refractivity contribution in [2.24, 2.45) is 5.92 Å². The first-order valence-corrected chi connectivity index (χ1v) is 6.37. The molecule has 1 aliphatic heterocycles. The van der Waals surface area contributed by atoms with Gasteiger partial charge >= 0.3 is 5.97 Å². The van der Waals surface area contributed by atoms with Crippen LogP contribution in [0.25, 0.3) is 0 Å². The summed E-state index contributed by atoms with van der Waals surface area (Å²) in [5.74, 6) is -1.55. The van der Waals surface area contributed by atoms with Gasteiger partial charge in [0.2, 0.25) is 0 Å². The summed E-state index contributed by atoms with van der Waals surface area (Å²) in [6.45, 7) is 0.590. The molecule has 2 atom stereocenters. The molecule has 1 fully saturated rings. The number of aliphatic hydroxyl groups is 1. The number of aliphatic hydroxyl groups excluding tert-OH is 1.